The molecular weight excluding hydrogens is 535 g/mol. The van der Waals surface area contributed by atoms with Gasteiger partial charge in [-0.05, 0) is 43.2 Å². The van der Waals surface area contributed by atoms with Crippen molar-refractivity contribution in [3.63, 3.8) is 0 Å². The summed E-state index contributed by atoms with van der Waals surface area (Å²) < 4.78 is 55.4. The van der Waals surface area contributed by atoms with Crippen LogP contribution in [-0.4, -0.2) is 46.4 Å². The number of nitrogens with zero attached hydrogens (tertiary/aromatic N) is 2. The molecule has 3 aromatic rings. The van der Waals surface area contributed by atoms with Crippen LogP contribution in [0.5, 0.6) is 0 Å². The Morgan fingerprint density at radius 2 is 1.89 bits per heavy atom. The first-order chi connectivity index (χ1) is 16.7. The summed E-state index contributed by atoms with van der Waals surface area (Å²) in [5.74, 6) is 0.782. The van der Waals surface area contributed by atoms with Crippen LogP contribution in [0.1, 0.15) is 12.0 Å². The molecular formula is C21H22Cl2N6O4S2. The van der Waals surface area contributed by atoms with Crippen LogP contribution >= 0.6 is 23.2 Å². The third kappa shape index (κ3) is 6.21. The molecule has 0 amide bonds. The average Bonchev–Trinajstić information content (AvgIpc) is 2.81. The van der Waals surface area contributed by atoms with Gasteiger partial charge in [-0.1, -0.05) is 35.3 Å². The molecule has 2 aromatic carbocycles. The fourth-order valence-electron chi connectivity index (χ4n) is 3.35. The monoisotopic (exact) mass is 556 g/mol. The maximum absolute atomic E-state index is 12.7. The van der Waals surface area contributed by atoms with Crippen molar-refractivity contribution in [2.24, 2.45) is 0 Å². The Kier molecular flexibility index (Phi) is 7.79. The highest BCUT2D eigenvalue weighted by Crippen LogP contribution is 2.29. The van der Waals surface area contributed by atoms with E-state index in [1.165, 1.54) is 30.3 Å². The first kappa shape index (κ1) is 25.6. The first-order valence-corrected chi connectivity index (χ1v) is 14.3. The van der Waals surface area contributed by atoms with Crippen LogP contribution in [0, 0.1) is 0 Å². The minimum Gasteiger partial charge on any atom is -0.370 e. The summed E-state index contributed by atoms with van der Waals surface area (Å²) in [6.07, 6.45) is 2.39. The van der Waals surface area contributed by atoms with E-state index in [2.05, 4.69) is 30.0 Å². The summed E-state index contributed by atoms with van der Waals surface area (Å²) in [6, 6.07) is 10.7. The molecule has 14 heteroatoms. The second-order valence-electron chi connectivity index (χ2n) is 7.60. The molecule has 4 rings (SSSR count). The third-order valence-corrected chi connectivity index (χ3v) is 8.99. The van der Waals surface area contributed by atoms with E-state index in [0.29, 0.717) is 36.5 Å². The van der Waals surface area contributed by atoms with Crippen molar-refractivity contribution in [2.45, 2.75) is 22.6 Å². The second kappa shape index (κ2) is 10.6. The van der Waals surface area contributed by atoms with Crippen molar-refractivity contribution in [1.82, 2.24) is 19.4 Å². The van der Waals surface area contributed by atoms with Gasteiger partial charge >= 0.3 is 0 Å². The lowest BCUT2D eigenvalue weighted by Crippen LogP contribution is -2.27. The Balaban J connectivity index is 1.52. The van der Waals surface area contributed by atoms with Crippen molar-refractivity contribution >= 4 is 60.7 Å². The zero-order valence-corrected chi connectivity index (χ0v) is 21.4. The van der Waals surface area contributed by atoms with Gasteiger partial charge in [0, 0.05) is 37.1 Å². The number of halogens is 2. The molecule has 0 unspecified atom stereocenters. The van der Waals surface area contributed by atoms with E-state index in [9.17, 15) is 16.8 Å². The van der Waals surface area contributed by atoms with Gasteiger partial charge in [0.05, 0.1) is 14.9 Å². The highest BCUT2D eigenvalue weighted by molar-refractivity contribution is 7.89. The van der Waals surface area contributed by atoms with Crippen LogP contribution in [-0.2, 0) is 26.5 Å². The van der Waals surface area contributed by atoms with E-state index in [1.807, 2.05) is 0 Å². The van der Waals surface area contributed by atoms with Gasteiger partial charge < -0.3 is 10.6 Å². The van der Waals surface area contributed by atoms with Crippen molar-refractivity contribution in [3.05, 3.63) is 64.3 Å². The summed E-state index contributed by atoms with van der Waals surface area (Å²) in [6.45, 7) is 0.742. The van der Waals surface area contributed by atoms with Gasteiger partial charge in [0.2, 0.25) is 26.0 Å². The van der Waals surface area contributed by atoms with Gasteiger partial charge in [-0.2, -0.15) is 4.98 Å². The number of nitrogens with one attached hydrogen (secondary N) is 4. The van der Waals surface area contributed by atoms with Gasteiger partial charge in [0.25, 0.3) is 0 Å². The Labute approximate surface area is 213 Å². The van der Waals surface area contributed by atoms with E-state index in [4.69, 9.17) is 23.2 Å². The van der Waals surface area contributed by atoms with Gasteiger partial charge in [-0.15, -0.1) is 0 Å². The Hall–Kier alpha value is -2.48. The van der Waals surface area contributed by atoms with Crippen molar-refractivity contribution < 1.29 is 16.8 Å². The minimum absolute atomic E-state index is 0.0418. The van der Waals surface area contributed by atoms with E-state index in [-0.39, 0.29) is 38.9 Å². The maximum atomic E-state index is 12.7. The predicted octanol–water partition coefficient (Wildman–Crippen LogP) is 3.14. The molecule has 4 N–H and O–H groups in total. The first-order valence-electron chi connectivity index (χ1n) is 10.6. The second-order valence-corrected chi connectivity index (χ2v) is 11.9. The Morgan fingerprint density at radius 1 is 1.09 bits per heavy atom. The molecule has 1 aliphatic rings. The molecule has 0 aliphatic carbocycles. The maximum Gasteiger partial charge on any atom is 0.242 e. The zero-order valence-electron chi connectivity index (χ0n) is 18.3. The number of hydrogen-bond donors (Lipinski definition) is 4. The number of sulfonamides is 2. The fourth-order valence-corrected chi connectivity index (χ4v) is 6.26. The summed E-state index contributed by atoms with van der Waals surface area (Å²) >= 11 is 12.0. The molecule has 1 aliphatic heterocycles. The Morgan fingerprint density at radius 3 is 2.71 bits per heavy atom. The fraction of sp³-hybridized carbons (Fsp3) is 0.238. The van der Waals surface area contributed by atoms with Gasteiger partial charge in [-0.25, -0.2) is 31.3 Å². The lowest BCUT2D eigenvalue weighted by atomic mass is 10.2. The van der Waals surface area contributed by atoms with E-state index in [1.54, 1.807) is 18.3 Å². The molecule has 0 saturated heterocycles. The molecule has 0 fully saturated rings. The van der Waals surface area contributed by atoms with Crippen LogP contribution in [0.25, 0.3) is 0 Å². The standard InChI is InChI=1S/C21H22Cl2N6O4S2/c22-17-6-2-7-18(19(17)23)35(32,33)27-11-8-14-13-25-21-28-15-4-1-5-16(12-15)34(30,31)26-10-3-9-24-20(14)29-21/h1-2,4-7,12-13,26-27H,3,8-11H2,(H2,24,25,28,29). The molecule has 4 bridgehead atoms. The lowest BCUT2D eigenvalue weighted by Gasteiger charge is -2.14. The average molecular weight is 557 g/mol. The lowest BCUT2D eigenvalue weighted by molar-refractivity contribution is 0.578. The topological polar surface area (TPSA) is 142 Å². The van der Waals surface area contributed by atoms with Crippen LogP contribution in [0.2, 0.25) is 10.0 Å². The molecule has 0 atom stereocenters. The number of aromatic nitrogens is 2. The number of fused-ring (bicyclic) bond motifs is 4. The molecule has 0 spiro atoms. The quantitative estimate of drug-likeness (QED) is 0.375. The molecule has 1 aromatic heterocycles. The molecule has 0 radical (unpaired) electrons. The smallest absolute Gasteiger partial charge is 0.242 e. The SMILES string of the molecule is O=S1(=O)NCCCNc2nc(ncc2CCNS(=O)(=O)c2cccc(Cl)c2Cl)Nc2cccc1c2. The number of hydrogen-bond acceptors (Lipinski definition) is 8. The number of benzene rings is 2. The molecule has 186 valence electrons. The summed E-state index contributed by atoms with van der Waals surface area (Å²) in [5.41, 5.74) is 1.19. The highest BCUT2D eigenvalue weighted by Gasteiger charge is 2.20. The molecule has 10 nitrogen and oxygen atoms in total. The van der Waals surface area contributed by atoms with Crippen molar-refractivity contribution in [1.29, 1.82) is 0 Å². The van der Waals surface area contributed by atoms with E-state index < -0.39 is 20.0 Å². The van der Waals surface area contributed by atoms with Crippen molar-refractivity contribution in [3.8, 4) is 0 Å². The predicted molar refractivity (Wildman–Crippen MR) is 135 cm³/mol. The summed E-state index contributed by atoms with van der Waals surface area (Å²) in [7, 11) is -7.52. The van der Waals surface area contributed by atoms with Crippen LogP contribution in [0.4, 0.5) is 17.5 Å². The van der Waals surface area contributed by atoms with Gasteiger partial charge in [-0.3, -0.25) is 0 Å². The number of rotatable bonds is 5. The largest absolute Gasteiger partial charge is 0.370 e. The summed E-state index contributed by atoms with van der Waals surface area (Å²) in [5, 5.41) is 6.29. The van der Waals surface area contributed by atoms with Gasteiger partial charge in [0.1, 0.15) is 10.7 Å². The van der Waals surface area contributed by atoms with Crippen LogP contribution in [0.15, 0.2) is 58.5 Å². The van der Waals surface area contributed by atoms with Crippen LogP contribution < -0.4 is 20.1 Å². The molecule has 0 saturated carbocycles. The Bertz CT molecular complexity index is 1450. The molecule has 35 heavy (non-hydrogen) atoms. The minimum atomic E-state index is -3.88. The van der Waals surface area contributed by atoms with Gasteiger partial charge in [0.15, 0.2) is 0 Å². The van der Waals surface area contributed by atoms with E-state index in [0.717, 1.165) is 0 Å². The van der Waals surface area contributed by atoms with Crippen molar-refractivity contribution in [2.75, 3.05) is 30.3 Å². The highest BCUT2D eigenvalue weighted by atomic mass is 35.5. The zero-order chi connectivity index (χ0) is 25.1. The van der Waals surface area contributed by atoms with Crippen LogP contribution in [0.3, 0.4) is 0 Å². The summed E-state index contributed by atoms with van der Waals surface area (Å²) in [4.78, 5) is 8.85. The third-order valence-electron chi connectivity index (χ3n) is 5.10. The normalized spacial score (nSPS) is 15.6. The van der Waals surface area contributed by atoms with E-state index >= 15 is 0 Å². The number of anilines is 3. The molecule has 2 heterocycles.